The summed E-state index contributed by atoms with van der Waals surface area (Å²) in [6.45, 7) is 0. The first-order valence-corrected chi connectivity index (χ1v) is 6.87. The zero-order valence-corrected chi connectivity index (χ0v) is 12.5. The van der Waals surface area contributed by atoms with Gasteiger partial charge in [-0.1, -0.05) is 44.0 Å². The van der Waals surface area contributed by atoms with Gasteiger partial charge in [0.1, 0.15) is 5.82 Å². The van der Waals surface area contributed by atoms with Crippen LogP contribution < -0.4 is 0 Å². The van der Waals surface area contributed by atoms with Crippen LogP contribution in [0.1, 0.15) is 15.9 Å². The minimum absolute atomic E-state index is 0.126. The number of hydrogen-bond donors (Lipinski definition) is 0. The third kappa shape index (κ3) is 3.27. The summed E-state index contributed by atoms with van der Waals surface area (Å²) in [6, 6.07) is 11.9. The second-order valence-corrected chi connectivity index (χ2v) is 5.68. The molecule has 0 saturated carbocycles. The van der Waals surface area contributed by atoms with Crippen LogP contribution >= 0.6 is 31.9 Å². The second kappa shape index (κ2) is 5.76. The molecule has 4 heteroatoms. The van der Waals surface area contributed by atoms with Gasteiger partial charge in [-0.2, -0.15) is 0 Å². The van der Waals surface area contributed by atoms with Gasteiger partial charge in [0.15, 0.2) is 5.78 Å². The minimum Gasteiger partial charge on any atom is -0.294 e. The largest absolute Gasteiger partial charge is 0.294 e. The number of carbonyl (C=O) groups is 1. The molecule has 0 saturated heterocycles. The molecule has 0 atom stereocenters. The molecule has 2 aromatic rings. The molecule has 0 aliphatic carbocycles. The fraction of sp³-hybridized carbons (Fsp3) is 0.0714. The van der Waals surface area contributed by atoms with Crippen LogP contribution in [0, 0.1) is 5.82 Å². The minimum atomic E-state index is -0.494. The number of rotatable bonds is 3. The first kappa shape index (κ1) is 13.4. The van der Waals surface area contributed by atoms with E-state index in [2.05, 4.69) is 31.9 Å². The molecule has 0 amide bonds. The topological polar surface area (TPSA) is 17.1 Å². The average molecular weight is 372 g/mol. The number of carbonyl (C=O) groups excluding carboxylic acids is 1. The van der Waals surface area contributed by atoms with Gasteiger partial charge >= 0.3 is 0 Å². The Kier molecular flexibility index (Phi) is 4.30. The summed E-state index contributed by atoms with van der Waals surface area (Å²) in [5.41, 5.74) is 0.992. The number of hydrogen-bond acceptors (Lipinski definition) is 1. The van der Waals surface area contributed by atoms with Crippen LogP contribution in [0.4, 0.5) is 4.39 Å². The molecule has 2 rings (SSSR count). The highest BCUT2D eigenvalue weighted by Gasteiger charge is 2.12. The Morgan fingerprint density at radius 2 is 1.61 bits per heavy atom. The van der Waals surface area contributed by atoms with Crippen molar-refractivity contribution in [2.45, 2.75) is 6.42 Å². The van der Waals surface area contributed by atoms with E-state index in [0.717, 1.165) is 10.0 Å². The highest BCUT2D eigenvalue weighted by atomic mass is 79.9. The maximum absolute atomic E-state index is 13.6. The van der Waals surface area contributed by atoms with Gasteiger partial charge < -0.3 is 0 Å². The summed E-state index contributed by atoms with van der Waals surface area (Å²) in [7, 11) is 0. The van der Waals surface area contributed by atoms with E-state index in [-0.39, 0.29) is 17.8 Å². The molecule has 0 aliphatic rings. The Balaban J connectivity index is 2.19. The van der Waals surface area contributed by atoms with E-state index >= 15 is 0 Å². The zero-order chi connectivity index (χ0) is 13.1. The van der Waals surface area contributed by atoms with Gasteiger partial charge in [-0.25, -0.2) is 4.39 Å². The van der Waals surface area contributed by atoms with Gasteiger partial charge in [-0.05, 0) is 35.9 Å². The molecule has 0 unspecified atom stereocenters. The standard InChI is InChI=1S/C14H9Br2FO/c15-10-3-1-9(2-4-10)7-14(18)12-6-5-11(16)8-13(12)17/h1-6,8H,7H2. The number of halogens is 3. The summed E-state index contributed by atoms with van der Waals surface area (Å²) in [4.78, 5) is 12.0. The number of ketones is 1. The summed E-state index contributed by atoms with van der Waals surface area (Å²) >= 11 is 6.49. The first-order chi connectivity index (χ1) is 8.56. The van der Waals surface area contributed by atoms with Crippen molar-refractivity contribution in [3.63, 3.8) is 0 Å². The normalized spacial score (nSPS) is 10.4. The lowest BCUT2D eigenvalue weighted by atomic mass is 10.0. The Morgan fingerprint density at radius 1 is 1.00 bits per heavy atom. The van der Waals surface area contributed by atoms with Gasteiger partial charge in [-0.15, -0.1) is 0 Å². The van der Waals surface area contributed by atoms with Gasteiger partial charge in [0.25, 0.3) is 0 Å². The zero-order valence-electron chi connectivity index (χ0n) is 9.29. The van der Waals surface area contributed by atoms with E-state index < -0.39 is 5.82 Å². The lowest BCUT2D eigenvalue weighted by molar-refractivity contribution is 0.0989. The maximum Gasteiger partial charge on any atom is 0.170 e. The van der Waals surface area contributed by atoms with Crippen LogP contribution in [-0.4, -0.2) is 5.78 Å². The van der Waals surface area contributed by atoms with Gasteiger partial charge in [0.05, 0.1) is 5.56 Å². The van der Waals surface area contributed by atoms with Crippen molar-refractivity contribution in [1.82, 2.24) is 0 Å². The molecular weight excluding hydrogens is 363 g/mol. The highest BCUT2D eigenvalue weighted by Crippen LogP contribution is 2.18. The second-order valence-electron chi connectivity index (χ2n) is 3.85. The Morgan fingerprint density at radius 3 is 2.22 bits per heavy atom. The van der Waals surface area contributed by atoms with E-state index in [1.54, 1.807) is 6.07 Å². The summed E-state index contributed by atoms with van der Waals surface area (Å²) in [5.74, 6) is -0.714. The van der Waals surface area contributed by atoms with E-state index in [0.29, 0.717) is 4.47 Å². The molecule has 2 aromatic carbocycles. The lowest BCUT2D eigenvalue weighted by Gasteiger charge is -2.04. The molecule has 92 valence electrons. The van der Waals surface area contributed by atoms with Crippen molar-refractivity contribution in [3.05, 3.63) is 68.4 Å². The number of benzene rings is 2. The van der Waals surface area contributed by atoms with E-state index in [1.807, 2.05) is 24.3 Å². The quantitative estimate of drug-likeness (QED) is 0.710. The van der Waals surface area contributed by atoms with Crippen LogP contribution in [0.5, 0.6) is 0 Å². The summed E-state index contributed by atoms with van der Waals surface area (Å²) in [5, 5.41) is 0. The van der Waals surface area contributed by atoms with Gasteiger partial charge in [0.2, 0.25) is 0 Å². The molecule has 0 spiro atoms. The summed E-state index contributed by atoms with van der Waals surface area (Å²) < 4.78 is 15.2. The predicted molar refractivity (Wildman–Crippen MR) is 76.3 cm³/mol. The molecule has 1 nitrogen and oxygen atoms in total. The molecule has 0 aromatic heterocycles. The Bertz CT molecular complexity index is 579. The van der Waals surface area contributed by atoms with Crippen LogP contribution in [-0.2, 0) is 6.42 Å². The molecule has 0 aliphatic heterocycles. The highest BCUT2D eigenvalue weighted by molar-refractivity contribution is 9.10. The van der Waals surface area contributed by atoms with Crippen LogP contribution in [0.15, 0.2) is 51.4 Å². The predicted octanol–water partition coefficient (Wildman–Crippen LogP) is 4.78. The van der Waals surface area contributed by atoms with E-state index in [4.69, 9.17) is 0 Å². The van der Waals surface area contributed by atoms with Crippen molar-refractivity contribution >= 4 is 37.6 Å². The third-order valence-corrected chi connectivity index (χ3v) is 3.53. The van der Waals surface area contributed by atoms with E-state index in [1.165, 1.54) is 12.1 Å². The summed E-state index contributed by atoms with van der Waals surface area (Å²) in [6.07, 6.45) is 0.200. The van der Waals surface area contributed by atoms with Crippen molar-refractivity contribution in [2.24, 2.45) is 0 Å². The molecule has 0 radical (unpaired) electrons. The van der Waals surface area contributed by atoms with Crippen molar-refractivity contribution in [3.8, 4) is 0 Å². The third-order valence-electron chi connectivity index (χ3n) is 2.51. The Hall–Kier alpha value is -1.00. The fourth-order valence-corrected chi connectivity index (χ4v) is 2.20. The number of Topliss-reactive ketones (excluding diaryl/α,β-unsaturated/α-hetero) is 1. The van der Waals surface area contributed by atoms with Crippen molar-refractivity contribution < 1.29 is 9.18 Å². The lowest BCUT2D eigenvalue weighted by Crippen LogP contribution is -2.06. The van der Waals surface area contributed by atoms with Crippen molar-refractivity contribution in [2.75, 3.05) is 0 Å². The van der Waals surface area contributed by atoms with Crippen molar-refractivity contribution in [1.29, 1.82) is 0 Å². The van der Waals surface area contributed by atoms with Crippen LogP contribution in [0.25, 0.3) is 0 Å². The van der Waals surface area contributed by atoms with Gasteiger partial charge in [0, 0.05) is 15.4 Å². The molecule has 0 heterocycles. The SMILES string of the molecule is O=C(Cc1ccc(Br)cc1)c1ccc(Br)cc1F. The first-order valence-electron chi connectivity index (χ1n) is 5.29. The van der Waals surface area contributed by atoms with Gasteiger partial charge in [-0.3, -0.25) is 4.79 Å². The molecule has 0 N–H and O–H groups in total. The smallest absolute Gasteiger partial charge is 0.170 e. The van der Waals surface area contributed by atoms with Crippen LogP contribution in [0.2, 0.25) is 0 Å². The van der Waals surface area contributed by atoms with E-state index in [9.17, 15) is 9.18 Å². The fourth-order valence-electron chi connectivity index (χ4n) is 1.60. The van der Waals surface area contributed by atoms with Crippen LogP contribution in [0.3, 0.4) is 0 Å². The molecular formula is C14H9Br2FO. The Labute approximate surface area is 121 Å². The maximum atomic E-state index is 13.6. The monoisotopic (exact) mass is 370 g/mol. The average Bonchev–Trinajstić information content (AvgIpc) is 2.32. The molecule has 0 fully saturated rings. The molecule has 0 bridgehead atoms. The molecule has 18 heavy (non-hydrogen) atoms.